The van der Waals surface area contributed by atoms with E-state index in [2.05, 4.69) is 37.0 Å². The van der Waals surface area contributed by atoms with Crippen LogP contribution >= 0.6 is 43.6 Å². The van der Waals surface area contributed by atoms with Crippen LogP contribution in [0.1, 0.15) is 6.42 Å². The zero-order chi connectivity index (χ0) is 8.01. The first kappa shape index (κ1) is 8.38. The largest absolute Gasteiger partial charge is 0.410 e. The molecule has 1 N–H and O–H groups in total. The van der Waals surface area contributed by atoms with Gasteiger partial charge in [0, 0.05) is 20.8 Å². The Morgan fingerprint density at radius 3 is 2.64 bits per heavy atom. The van der Waals surface area contributed by atoms with Crippen molar-refractivity contribution in [1.82, 2.24) is 0 Å². The van der Waals surface area contributed by atoms with Gasteiger partial charge in [-0.25, -0.2) is 0 Å². The van der Waals surface area contributed by atoms with E-state index in [-0.39, 0.29) is 0 Å². The van der Waals surface area contributed by atoms with Crippen molar-refractivity contribution in [2.24, 2.45) is 11.1 Å². The fourth-order valence-electron chi connectivity index (χ4n) is 1.64. The molecule has 0 aromatic heterocycles. The fourth-order valence-corrected chi connectivity index (χ4v) is 5.76. The van der Waals surface area contributed by atoms with Gasteiger partial charge in [-0.1, -0.05) is 37.0 Å². The van der Waals surface area contributed by atoms with E-state index in [0.717, 1.165) is 11.5 Å². The van der Waals surface area contributed by atoms with E-state index in [9.17, 15) is 0 Å². The van der Waals surface area contributed by atoms with Crippen molar-refractivity contribution in [2.75, 3.05) is 0 Å². The standard InChI is InChI=1S/C6H7Br2NOS/c7-3-1-2-4(8)5(3)11-6(2)9-10/h2-5,10H,1H2/b9-6+. The summed E-state index contributed by atoms with van der Waals surface area (Å²) in [4.78, 5) is 1.06. The van der Waals surface area contributed by atoms with Gasteiger partial charge in [0.25, 0.3) is 0 Å². The van der Waals surface area contributed by atoms with E-state index in [1.54, 1.807) is 11.8 Å². The Kier molecular flexibility index (Phi) is 2.23. The molecule has 11 heavy (non-hydrogen) atoms. The summed E-state index contributed by atoms with van der Waals surface area (Å²) >= 11 is 8.90. The van der Waals surface area contributed by atoms with Crippen molar-refractivity contribution in [3.63, 3.8) is 0 Å². The number of oxime groups is 1. The summed E-state index contributed by atoms with van der Waals surface area (Å²) in [5, 5.41) is 13.4. The molecule has 2 fully saturated rings. The molecule has 0 spiro atoms. The molecule has 4 unspecified atom stereocenters. The third-order valence-corrected chi connectivity index (χ3v) is 6.58. The molecule has 2 aliphatic rings. The lowest BCUT2D eigenvalue weighted by Crippen LogP contribution is -2.15. The molecule has 1 saturated carbocycles. The van der Waals surface area contributed by atoms with Crippen LogP contribution in [0.2, 0.25) is 0 Å². The molecule has 1 heterocycles. The summed E-state index contributed by atoms with van der Waals surface area (Å²) in [6.45, 7) is 0. The fraction of sp³-hybridized carbons (Fsp3) is 0.833. The minimum absolute atomic E-state index is 0.430. The number of halogens is 2. The lowest BCUT2D eigenvalue weighted by Gasteiger charge is -2.14. The number of hydrogen-bond acceptors (Lipinski definition) is 3. The van der Waals surface area contributed by atoms with Gasteiger partial charge in [0.1, 0.15) is 5.04 Å². The molecule has 2 rings (SSSR count). The molecule has 62 valence electrons. The Labute approximate surface area is 86.1 Å². The average molecular weight is 301 g/mol. The maximum atomic E-state index is 8.62. The first-order chi connectivity index (χ1) is 5.24. The van der Waals surface area contributed by atoms with Gasteiger partial charge in [-0.3, -0.25) is 0 Å². The highest BCUT2D eigenvalue weighted by molar-refractivity contribution is 9.10. The minimum atomic E-state index is 0.430. The molecule has 2 bridgehead atoms. The van der Waals surface area contributed by atoms with Crippen LogP contribution in [-0.2, 0) is 0 Å². The van der Waals surface area contributed by atoms with Crippen molar-refractivity contribution in [1.29, 1.82) is 0 Å². The van der Waals surface area contributed by atoms with Crippen molar-refractivity contribution in [3.05, 3.63) is 0 Å². The Balaban J connectivity index is 2.24. The first-order valence-electron chi connectivity index (χ1n) is 3.41. The van der Waals surface area contributed by atoms with Gasteiger partial charge in [0.2, 0.25) is 0 Å². The Bertz CT molecular complexity index is 211. The van der Waals surface area contributed by atoms with Gasteiger partial charge < -0.3 is 5.21 Å². The summed E-state index contributed by atoms with van der Waals surface area (Å²) in [5.74, 6) is 0.430. The van der Waals surface area contributed by atoms with Crippen LogP contribution in [0.5, 0.6) is 0 Å². The number of fused-ring (bicyclic) bond motifs is 2. The van der Waals surface area contributed by atoms with Crippen molar-refractivity contribution >= 4 is 48.7 Å². The zero-order valence-corrected chi connectivity index (χ0v) is 9.56. The van der Waals surface area contributed by atoms with Crippen LogP contribution in [0.15, 0.2) is 5.16 Å². The van der Waals surface area contributed by atoms with Crippen LogP contribution < -0.4 is 0 Å². The normalized spacial score (nSPS) is 52.4. The highest BCUT2D eigenvalue weighted by Crippen LogP contribution is 2.52. The summed E-state index contributed by atoms with van der Waals surface area (Å²) in [5.41, 5.74) is 0. The number of thioether (sulfide) groups is 1. The average Bonchev–Trinajstić information content (AvgIpc) is 2.43. The second kappa shape index (κ2) is 2.92. The summed E-state index contributed by atoms with van der Waals surface area (Å²) in [6.07, 6.45) is 1.09. The zero-order valence-electron chi connectivity index (χ0n) is 5.58. The Morgan fingerprint density at radius 2 is 2.27 bits per heavy atom. The third-order valence-electron chi connectivity index (χ3n) is 2.21. The van der Waals surface area contributed by atoms with Gasteiger partial charge in [-0.05, 0) is 6.42 Å². The molecular formula is C6H7Br2NOS. The molecule has 4 atom stereocenters. The lowest BCUT2D eigenvalue weighted by molar-refractivity contribution is 0.317. The SMILES string of the molecule is O/N=C1/SC2C(Br)CC1C2Br. The van der Waals surface area contributed by atoms with Gasteiger partial charge in [-0.2, -0.15) is 0 Å². The second-order valence-corrected chi connectivity index (χ2v) is 6.26. The molecule has 1 saturated heterocycles. The number of rotatable bonds is 0. The van der Waals surface area contributed by atoms with Crippen LogP contribution in [0, 0.1) is 5.92 Å². The molecule has 0 aromatic carbocycles. The smallest absolute Gasteiger partial charge is 0.117 e. The summed E-state index contributed by atoms with van der Waals surface area (Å²) in [6, 6.07) is 0. The lowest BCUT2D eigenvalue weighted by atomic mass is 10.1. The predicted molar refractivity (Wildman–Crippen MR) is 54.1 cm³/mol. The Morgan fingerprint density at radius 1 is 1.55 bits per heavy atom. The van der Waals surface area contributed by atoms with Gasteiger partial charge in [-0.15, -0.1) is 11.8 Å². The monoisotopic (exact) mass is 299 g/mol. The van der Waals surface area contributed by atoms with Crippen LogP contribution in [0.25, 0.3) is 0 Å². The predicted octanol–water partition coefficient (Wildman–Crippen LogP) is 2.44. The van der Waals surface area contributed by atoms with E-state index in [1.165, 1.54) is 0 Å². The summed E-state index contributed by atoms with van der Waals surface area (Å²) in [7, 11) is 0. The maximum absolute atomic E-state index is 8.62. The van der Waals surface area contributed by atoms with Gasteiger partial charge >= 0.3 is 0 Å². The van der Waals surface area contributed by atoms with E-state index in [4.69, 9.17) is 5.21 Å². The van der Waals surface area contributed by atoms with Crippen molar-refractivity contribution in [3.8, 4) is 0 Å². The van der Waals surface area contributed by atoms with Crippen LogP contribution in [0.4, 0.5) is 0 Å². The molecule has 1 aliphatic carbocycles. The molecule has 0 amide bonds. The van der Waals surface area contributed by atoms with Crippen LogP contribution in [0.3, 0.4) is 0 Å². The van der Waals surface area contributed by atoms with Crippen molar-refractivity contribution < 1.29 is 5.21 Å². The third kappa shape index (κ3) is 1.16. The molecular weight excluding hydrogens is 294 g/mol. The number of nitrogens with zero attached hydrogens (tertiary/aromatic N) is 1. The Hall–Kier alpha value is 0.780. The second-order valence-electron chi connectivity index (χ2n) is 2.82. The first-order valence-corrected chi connectivity index (χ1v) is 6.12. The van der Waals surface area contributed by atoms with E-state index in [1.807, 2.05) is 0 Å². The summed E-state index contributed by atoms with van der Waals surface area (Å²) < 4.78 is 0. The number of hydrogen-bond donors (Lipinski definition) is 1. The van der Waals surface area contributed by atoms with E-state index in [0.29, 0.717) is 20.8 Å². The van der Waals surface area contributed by atoms with Gasteiger partial charge in [0.05, 0.1) is 0 Å². The highest BCUT2D eigenvalue weighted by Gasteiger charge is 2.51. The quantitative estimate of drug-likeness (QED) is 0.423. The topological polar surface area (TPSA) is 32.6 Å². The molecule has 0 aromatic rings. The van der Waals surface area contributed by atoms with E-state index >= 15 is 0 Å². The molecule has 0 radical (unpaired) electrons. The van der Waals surface area contributed by atoms with Crippen LogP contribution in [-0.4, -0.2) is 25.2 Å². The molecule has 1 aliphatic heterocycles. The number of alkyl halides is 2. The minimum Gasteiger partial charge on any atom is -0.410 e. The molecule has 5 heteroatoms. The maximum Gasteiger partial charge on any atom is 0.117 e. The van der Waals surface area contributed by atoms with E-state index < -0.39 is 0 Å². The molecule has 2 nitrogen and oxygen atoms in total. The van der Waals surface area contributed by atoms with Crippen molar-refractivity contribution in [2.45, 2.75) is 21.3 Å². The van der Waals surface area contributed by atoms with Gasteiger partial charge in [0.15, 0.2) is 0 Å². The highest BCUT2D eigenvalue weighted by atomic mass is 79.9.